The van der Waals surface area contributed by atoms with Crippen molar-refractivity contribution in [3.63, 3.8) is 0 Å². The fraction of sp³-hybridized carbons (Fsp3) is 0.750. The molecule has 1 atom stereocenters. The minimum atomic E-state index is -0.249. The quantitative estimate of drug-likeness (QED) is 0.402. The van der Waals surface area contributed by atoms with Crippen LogP contribution in [0.2, 0.25) is 0 Å². The van der Waals surface area contributed by atoms with Gasteiger partial charge >= 0.3 is 0 Å². The summed E-state index contributed by atoms with van der Waals surface area (Å²) in [5, 5.41) is 9.97. The van der Waals surface area contributed by atoms with E-state index in [2.05, 4.69) is 13.2 Å². The first-order valence-corrected chi connectivity index (χ1v) is 6.97. The Kier molecular flexibility index (Phi) is 9.16. The third kappa shape index (κ3) is 8.20. The molecule has 0 radical (unpaired) electrons. The Morgan fingerprint density at radius 3 is 2.06 bits per heavy atom. The van der Waals surface area contributed by atoms with E-state index in [-0.39, 0.29) is 11.5 Å². The van der Waals surface area contributed by atoms with Crippen LogP contribution in [0.1, 0.15) is 65.2 Å². The Hall–Kier alpha value is -0.560. The number of hydrogen-bond donors (Lipinski definition) is 1. The highest BCUT2D eigenvalue weighted by Gasteiger charge is 2.23. The molecule has 1 heteroatoms. The third-order valence-corrected chi connectivity index (χ3v) is 3.52. The SMILES string of the molecule is C=CCCCCCCCCC(O)C(C)(C)C=C. The molecule has 0 aromatic carbocycles. The maximum atomic E-state index is 9.97. The van der Waals surface area contributed by atoms with Crippen LogP contribution in [-0.4, -0.2) is 11.2 Å². The zero-order valence-electron chi connectivity index (χ0n) is 11.8. The second-order valence-corrected chi connectivity index (χ2v) is 5.53. The van der Waals surface area contributed by atoms with Gasteiger partial charge in [0.05, 0.1) is 6.10 Å². The first-order valence-electron chi connectivity index (χ1n) is 6.97. The average Bonchev–Trinajstić information content (AvgIpc) is 2.32. The molecule has 0 spiro atoms. The lowest BCUT2D eigenvalue weighted by molar-refractivity contribution is 0.0715. The Labute approximate surface area is 108 Å². The highest BCUT2D eigenvalue weighted by Crippen LogP contribution is 2.25. The molecule has 0 aliphatic carbocycles. The summed E-state index contributed by atoms with van der Waals surface area (Å²) in [5.41, 5.74) is -0.149. The zero-order chi connectivity index (χ0) is 13.1. The van der Waals surface area contributed by atoms with Crippen LogP contribution in [0, 0.1) is 5.41 Å². The first-order chi connectivity index (χ1) is 8.04. The predicted molar refractivity (Wildman–Crippen MR) is 77.1 cm³/mol. The molecule has 0 aromatic rings. The molecule has 17 heavy (non-hydrogen) atoms. The molecule has 0 amide bonds. The van der Waals surface area contributed by atoms with Crippen molar-refractivity contribution >= 4 is 0 Å². The molecule has 0 saturated heterocycles. The van der Waals surface area contributed by atoms with Crippen molar-refractivity contribution in [2.75, 3.05) is 0 Å². The average molecular weight is 238 g/mol. The van der Waals surface area contributed by atoms with Gasteiger partial charge in [-0.15, -0.1) is 13.2 Å². The Bertz CT molecular complexity index is 206. The lowest BCUT2D eigenvalue weighted by atomic mass is 9.84. The van der Waals surface area contributed by atoms with Gasteiger partial charge in [-0.3, -0.25) is 0 Å². The van der Waals surface area contributed by atoms with Crippen LogP contribution < -0.4 is 0 Å². The normalized spacial score (nSPS) is 13.4. The summed E-state index contributed by atoms with van der Waals surface area (Å²) in [7, 11) is 0. The summed E-state index contributed by atoms with van der Waals surface area (Å²) in [6, 6.07) is 0. The number of aliphatic hydroxyl groups is 1. The van der Waals surface area contributed by atoms with Gasteiger partial charge in [-0.25, -0.2) is 0 Å². The van der Waals surface area contributed by atoms with E-state index in [4.69, 9.17) is 0 Å². The molecule has 100 valence electrons. The Morgan fingerprint density at radius 1 is 1.00 bits per heavy atom. The fourth-order valence-corrected chi connectivity index (χ4v) is 1.84. The second-order valence-electron chi connectivity index (χ2n) is 5.53. The van der Waals surface area contributed by atoms with Crippen molar-refractivity contribution in [2.24, 2.45) is 5.41 Å². The number of aliphatic hydroxyl groups excluding tert-OH is 1. The molecule has 1 unspecified atom stereocenters. The van der Waals surface area contributed by atoms with Crippen molar-refractivity contribution in [1.29, 1.82) is 0 Å². The summed E-state index contributed by atoms with van der Waals surface area (Å²) < 4.78 is 0. The molecule has 0 aliphatic heterocycles. The maximum Gasteiger partial charge on any atom is 0.0625 e. The minimum absolute atomic E-state index is 0.149. The lowest BCUT2D eigenvalue weighted by Crippen LogP contribution is -2.26. The number of allylic oxidation sites excluding steroid dienone is 1. The summed E-state index contributed by atoms with van der Waals surface area (Å²) in [4.78, 5) is 0. The highest BCUT2D eigenvalue weighted by atomic mass is 16.3. The van der Waals surface area contributed by atoms with Gasteiger partial charge in [-0.2, -0.15) is 0 Å². The van der Waals surface area contributed by atoms with Crippen molar-refractivity contribution in [3.05, 3.63) is 25.3 Å². The smallest absolute Gasteiger partial charge is 0.0625 e. The van der Waals surface area contributed by atoms with Crippen LogP contribution in [0.15, 0.2) is 25.3 Å². The molecule has 0 aromatic heterocycles. The summed E-state index contributed by atoms with van der Waals surface area (Å²) in [5.74, 6) is 0. The van der Waals surface area contributed by atoms with Crippen LogP contribution in [0.4, 0.5) is 0 Å². The summed E-state index contributed by atoms with van der Waals surface area (Å²) >= 11 is 0. The number of hydrogen-bond acceptors (Lipinski definition) is 1. The molecule has 0 rings (SSSR count). The summed E-state index contributed by atoms with van der Waals surface area (Å²) in [6.07, 6.45) is 13.2. The predicted octanol–water partition coefficient (Wildman–Crippen LogP) is 4.87. The third-order valence-electron chi connectivity index (χ3n) is 3.52. The van der Waals surface area contributed by atoms with Gasteiger partial charge < -0.3 is 5.11 Å². The van der Waals surface area contributed by atoms with Crippen LogP contribution >= 0.6 is 0 Å². The van der Waals surface area contributed by atoms with Gasteiger partial charge in [0.2, 0.25) is 0 Å². The van der Waals surface area contributed by atoms with Crippen LogP contribution in [0.5, 0.6) is 0 Å². The standard InChI is InChI=1S/C16H30O/c1-5-7-8-9-10-11-12-13-14-15(17)16(3,4)6-2/h5-6,15,17H,1-2,7-14H2,3-4H3. The van der Waals surface area contributed by atoms with Gasteiger partial charge in [0.15, 0.2) is 0 Å². The van der Waals surface area contributed by atoms with E-state index < -0.39 is 0 Å². The molecule has 0 heterocycles. The van der Waals surface area contributed by atoms with E-state index in [9.17, 15) is 5.11 Å². The zero-order valence-corrected chi connectivity index (χ0v) is 11.8. The molecule has 0 bridgehead atoms. The molecular formula is C16H30O. The van der Waals surface area contributed by atoms with E-state index in [1.807, 2.05) is 26.0 Å². The van der Waals surface area contributed by atoms with E-state index in [0.29, 0.717) is 0 Å². The monoisotopic (exact) mass is 238 g/mol. The van der Waals surface area contributed by atoms with Crippen molar-refractivity contribution in [2.45, 2.75) is 71.3 Å². The topological polar surface area (TPSA) is 20.2 Å². The van der Waals surface area contributed by atoms with Crippen molar-refractivity contribution < 1.29 is 5.11 Å². The summed E-state index contributed by atoms with van der Waals surface area (Å²) in [6.45, 7) is 11.6. The molecule has 1 nitrogen and oxygen atoms in total. The fourth-order valence-electron chi connectivity index (χ4n) is 1.84. The molecule has 0 fully saturated rings. The van der Waals surface area contributed by atoms with Crippen LogP contribution in [0.25, 0.3) is 0 Å². The van der Waals surface area contributed by atoms with Gasteiger partial charge in [-0.05, 0) is 19.3 Å². The minimum Gasteiger partial charge on any atom is -0.392 e. The number of rotatable bonds is 11. The van der Waals surface area contributed by atoms with Crippen molar-refractivity contribution in [3.8, 4) is 0 Å². The van der Waals surface area contributed by atoms with Gasteiger partial charge in [0, 0.05) is 5.41 Å². The largest absolute Gasteiger partial charge is 0.392 e. The number of unbranched alkanes of at least 4 members (excludes halogenated alkanes) is 6. The highest BCUT2D eigenvalue weighted by molar-refractivity contribution is 4.92. The molecular weight excluding hydrogens is 208 g/mol. The van der Waals surface area contributed by atoms with Crippen LogP contribution in [0.3, 0.4) is 0 Å². The van der Waals surface area contributed by atoms with Gasteiger partial charge in [0.25, 0.3) is 0 Å². The Morgan fingerprint density at radius 2 is 1.53 bits per heavy atom. The van der Waals surface area contributed by atoms with E-state index >= 15 is 0 Å². The van der Waals surface area contributed by atoms with Crippen molar-refractivity contribution in [1.82, 2.24) is 0 Å². The molecule has 1 N–H and O–H groups in total. The maximum absolute atomic E-state index is 9.97. The van der Waals surface area contributed by atoms with E-state index in [1.54, 1.807) is 0 Å². The first kappa shape index (κ1) is 16.4. The lowest BCUT2D eigenvalue weighted by Gasteiger charge is -2.26. The Balaban J connectivity index is 3.39. The van der Waals surface area contributed by atoms with E-state index in [1.165, 1.54) is 32.1 Å². The van der Waals surface area contributed by atoms with Crippen LogP contribution in [-0.2, 0) is 0 Å². The second kappa shape index (κ2) is 9.47. The van der Waals surface area contributed by atoms with Gasteiger partial charge in [0.1, 0.15) is 0 Å². The van der Waals surface area contributed by atoms with E-state index in [0.717, 1.165) is 19.3 Å². The van der Waals surface area contributed by atoms with Gasteiger partial charge in [-0.1, -0.05) is 58.1 Å². The molecule has 0 saturated carbocycles. The molecule has 0 aliphatic rings.